The summed E-state index contributed by atoms with van der Waals surface area (Å²) in [5, 5.41) is 2.86. The fourth-order valence-corrected chi connectivity index (χ4v) is 4.48. The van der Waals surface area contributed by atoms with Gasteiger partial charge in [-0.15, -0.1) is 11.3 Å². The third-order valence-corrected chi connectivity index (χ3v) is 6.00. The van der Waals surface area contributed by atoms with E-state index in [0.717, 1.165) is 40.4 Å². The molecule has 3 heterocycles. The molecule has 0 fully saturated rings. The van der Waals surface area contributed by atoms with Crippen LogP contribution in [0.1, 0.15) is 32.3 Å². The van der Waals surface area contributed by atoms with Gasteiger partial charge in [-0.1, -0.05) is 6.07 Å². The van der Waals surface area contributed by atoms with E-state index in [4.69, 9.17) is 4.98 Å². The molecule has 0 atom stereocenters. The predicted octanol–water partition coefficient (Wildman–Crippen LogP) is 4.25. The van der Waals surface area contributed by atoms with Crippen LogP contribution in [0, 0.1) is 0 Å². The number of nitrogens with zero attached hydrogens (tertiary/aromatic N) is 3. The number of amides is 1. The average molecular weight is 394 g/mol. The topological polar surface area (TPSA) is 55.2 Å². The molecule has 0 N–H and O–H groups in total. The summed E-state index contributed by atoms with van der Waals surface area (Å²) in [5.74, 6) is 0.197. The van der Waals surface area contributed by atoms with Crippen molar-refractivity contribution in [3.05, 3.63) is 57.8 Å². The Morgan fingerprint density at radius 1 is 1.07 bits per heavy atom. The predicted molar refractivity (Wildman–Crippen MR) is 114 cm³/mol. The zero-order valence-corrected chi connectivity index (χ0v) is 17.1. The highest BCUT2D eigenvalue weighted by atomic mass is 32.1. The molecule has 0 unspecified atom stereocenters. The van der Waals surface area contributed by atoms with Crippen molar-refractivity contribution < 1.29 is 4.79 Å². The van der Waals surface area contributed by atoms with Crippen LogP contribution in [0.15, 0.2) is 46.7 Å². The molecule has 0 bridgehead atoms. The second-order valence-corrected chi connectivity index (χ2v) is 8.32. The molecule has 0 radical (unpaired) electrons. The smallest absolute Gasteiger partial charge is 0.250 e. The Hall–Kier alpha value is -2.73. The van der Waals surface area contributed by atoms with E-state index in [1.54, 1.807) is 23.9 Å². The minimum absolute atomic E-state index is 0.0438. The number of rotatable bonds is 3. The van der Waals surface area contributed by atoms with Crippen LogP contribution in [-0.2, 0) is 18.3 Å². The van der Waals surface area contributed by atoms with E-state index in [1.165, 1.54) is 16.9 Å². The number of carbonyl (C=O) groups is 1. The van der Waals surface area contributed by atoms with Gasteiger partial charge in [-0.3, -0.25) is 9.59 Å². The number of carbonyl (C=O) groups excluding carboxylic acids is 1. The first-order valence-corrected chi connectivity index (χ1v) is 10.4. The van der Waals surface area contributed by atoms with Crippen molar-refractivity contribution in [1.82, 2.24) is 9.55 Å². The van der Waals surface area contributed by atoms with Crippen molar-refractivity contribution in [2.24, 2.45) is 7.05 Å². The number of pyridine rings is 1. The molecule has 0 spiro atoms. The zero-order chi connectivity index (χ0) is 19.8. The normalized spacial score (nSPS) is 14.3. The number of aromatic nitrogens is 2. The van der Waals surface area contributed by atoms with Gasteiger partial charge in [0, 0.05) is 54.0 Å². The highest BCUT2D eigenvalue weighted by Gasteiger charge is 2.24. The number of aryl methyl sites for hydroxylation is 2. The lowest BCUT2D eigenvalue weighted by molar-refractivity contribution is -0.118. The molecule has 0 saturated carbocycles. The molecule has 28 heavy (non-hydrogen) atoms. The molecule has 6 heteroatoms. The van der Waals surface area contributed by atoms with Crippen LogP contribution < -0.4 is 10.5 Å². The number of hydrogen-bond donors (Lipinski definition) is 0. The highest BCUT2D eigenvalue weighted by Crippen LogP contribution is 2.34. The van der Waals surface area contributed by atoms with Gasteiger partial charge in [0.2, 0.25) is 5.91 Å². The van der Waals surface area contributed by atoms with Crippen molar-refractivity contribution in [1.29, 1.82) is 0 Å². The summed E-state index contributed by atoms with van der Waals surface area (Å²) in [6, 6.07) is 9.91. The fraction of sp³-hybridized carbons (Fsp3) is 0.318. The first-order valence-electron chi connectivity index (χ1n) is 9.52. The van der Waals surface area contributed by atoms with Crippen LogP contribution in [0.25, 0.3) is 21.8 Å². The molecular formula is C22H23N3O2S. The summed E-state index contributed by atoms with van der Waals surface area (Å²) >= 11 is 1.54. The third-order valence-electron chi connectivity index (χ3n) is 5.11. The fourth-order valence-electron chi connectivity index (χ4n) is 3.65. The van der Waals surface area contributed by atoms with Crippen molar-refractivity contribution >= 4 is 22.9 Å². The van der Waals surface area contributed by atoms with Crippen molar-refractivity contribution in [3.63, 3.8) is 0 Å². The Kier molecular flexibility index (Phi) is 4.89. The first-order chi connectivity index (χ1) is 13.4. The summed E-state index contributed by atoms with van der Waals surface area (Å²) in [7, 11) is 1.74. The highest BCUT2D eigenvalue weighted by molar-refractivity contribution is 7.13. The van der Waals surface area contributed by atoms with Gasteiger partial charge in [-0.25, -0.2) is 4.98 Å². The minimum atomic E-state index is -0.0438. The number of hydrogen-bond acceptors (Lipinski definition) is 4. The SMILES string of the molecule is CC(C)N1C(=O)CCCc2cc(-c3csc(-c4ccn(C)c(=O)c4)n3)ccc21. The minimum Gasteiger partial charge on any atom is -0.319 e. The van der Waals surface area contributed by atoms with Crippen LogP contribution in [-0.4, -0.2) is 21.5 Å². The molecular weight excluding hydrogens is 370 g/mol. The van der Waals surface area contributed by atoms with Gasteiger partial charge in [0.05, 0.1) is 5.69 Å². The van der Waals surface area contributed by atoms with Gasteiger partial charge < -0.3 is 9.47 Å². The van der Waals surface area contributed by atoms with Gasteiger partial charge in [0.25, 0.3) is 5.56 Å². The van der Waals surface area contributed by atoms with Crippen molar-refractivity contribution in [2.45, 2.75) is 39.2 Å². The van der Waals surface area contributed by atoms with Crippen LogP contribution in [0.3, 0.4) is 0 Å². The van der Waals surface area contributed by atoms with Crippen molar-refractivity contribution in [2.75, 3.05) is 4.90 Å². The van der Waals surface area contributed by atoms with E-state index < -0.39 is 0 Å². The number of thiazole rings is 1. The third kappa shape index (κ3) is 3.40. The van der Waals surface area contributed by atoms with E-state index >= 15 is 0 Å². The summed E-state index contributed by atoms with van der Waals surface area (Å²) < 4.78 is 1.55. The molecule has 1 aliphatic rings. The molecule has 3 aromatic rings. The Bertz CT molecular complexity index is 1100. The number of anilines is 1. The number of benzene rings is 1. The second kappa shape index (κ2) is 7.36. The quantitative estimate of drug-likeness (QED) is 0.668. The van der Waals surface area contributed by atoms with Crippen LogP contribution in [0.4, 0.5) is 5.69 Å². The van der Waals surface area contributed by atoms with E-state index in [0.29, 0.717) is 6.42 Å². The molecule has 0 aliphatic carbocycles. The van der Waals surface area contributed by atoms with Gasteiger partial charge in [0.15, 0.2) is 0 Å². The van der Waals surface area contributed by atoms with Crippen LogP contribution in [0.5, 0.6) is 0 Å². The van der Waals surface area contributed by atoms with E-state index in [9.17, 15) is 9.59 Å². The van der Waals surface area contributed by atoms with Gasteiger partial charge in [-0.2, -0.15) is 0 Å². The Labute approximate surface area is 168 Å². The lowest BCUT2D eigenvalue weighted by atomic mass is 10.0. The molecule has 0 saturated heterocycles. The second-order valence-electron chi connectivity index (χ2n) is 7.46. The van der Waals surface area contributed by atoms with Crippen LogP contribution >= 0.6 is 11.3 Å². The molecule has 4 rings (SSSR count). The molecule has 1 amide bonds. The maximum Gasteiger partial charge on any atom is 0.250 e. The lowest BCUT2D eigenvalue weighted by Gasteiger charge is -2.27. The molecule has 144 valence electrons. The summed E-state index contributed by atoms with van der Waals surface area (Å²) in [6.45, 7) is 4.11. The monoisotopic (exact) mass is 393 g/mol. The lowest BCUT2D eigenvalue weighted by Crippen LogP contribution is -2.36. The standard InChI is InChI=1S/C22H23N3O2S/c1-14(2)25-19-8-7-15(11-16(19)5-4-6-20(25)26)18-13-28-22(23-18)17-9-10-24(3)21(27)12-17/h7-14H,4-6H2,1-3H3. The van der Waals surface area contributed by atoms with E-state index in [-0.39, 0.29) is 17.5 Å². The maximum atomic E-state index is 12.5. The van der Waals surface area contributed by atoms with Gasteiger partial charge in [0.1, 0.15) is 5.01 Å². The largest absolute Gasteiger partial charge is 0.319 e. The summed E-state index contributed by atoms with van der Waals surface area (Å²) in [5.41, 5.74) is 4.95. The molecule has 5 nitrogen and oxygen atoms in total. The van der Waals surface area contributed by atoms with Gasteiger partial charge in [-0.05, 0) is 50.5 Å². The van der Waals surface area contributed by atoms with E-state index in [1.807, 2.05) is 28.5 Å². The number of fused-ring (bicyclic) bond motifs is 1. The van der Waals surface area contributed by atoms with Crippen molar-refractivity contribution in [3.8, 4) is 21.8 Å². The molecule has 2 aromatic heterocycles. The first kappa shape index (κ1) is 18.6. The van der Waals surface area contributed by atoms with E-state index in [2.05, 4.69) is 19.9 Å². The molecule has 1 aliphatic heterocycles. The van der Waals surface area contributed by atoms with Crippen LogP contribution in [0.2, 0.25) is 0 Å². The summed E-state index contributed by atoms with van der Waals surface area (Å²) in [6.07, 6.45) is 4.11. The maximum absolute atomic E-state index is 12.5. The summed E-state index contributed by atoms with van der Waals surface area (Å²) in [4.78, 5) is 31.0. The Morgan fingerprint density at radius 2 is 1.89 bits per heavy atom. The Balaban J connectivity index is 1.70. The van der Waals surface area contributed by atoms with Gasteiger partial charge >= 0.3 is 0 Å². The average Bonchev–Trinajstić information content (AvgIpc) is 3.08. The Morgan fingerprint density at radius 3 is 2.64 bits per heavy atom. The molecule has 1 aromatic carbocycles. The zero-order valence-electron chi connectivity index (χ0n) is 16.3.